The van der Waals surface area contributed by atoms with E-state index in [9.17, 15) is 4.79 Å². The van der Waals surface area contributed by atoms with E-state index in [1.807, 2.05) is 48.5 Å². The van der Waals surface area contributed by atoms with Crippen LogP contribution >= 0.6 is 23.1 Å². The topological polar surface area (TPSA) is 51.2 Å². The zero-order chi connectivity index (χ0) is 20.9. The molecule has 1 heterocycles. The van der Waals surface area contributed by atoms with E-state index >= 15 is 0 Å². The van der Waals surface area contributed by atoms with Crippen molar-refractivity contribution in [3.05, 3.63) is 77.9 Å². The van der Waals surface area contributed by atoms with Gasteiger partial charge in [-0.05, 0) is 66.6 Å². The highest BCUT2D eigenvalue weighted by atomic mass is 32.2. The number of ether oxygens (including phenoxy) is 1. The smallest absolute Gasteiger partial charge is 0.234 e. The molecule has 0 saturated heterocycles. The molecule has 0 aliphatic heterocycles. The minimum atomic E-state index is -0.00303. The van der Waals surface area contributed by atoms with Crippen molar-refractivity contribution in [1.29, 1.82) is 0 Å². The van der Waals surface area contributed by atoms with Gasteiger partial charge in [0, 0.05) is 17.0 Å². The first-order valence-corrected chi connectivity index (χ1v) is 11.6. The van der Waals surface area contributed by atoms with Crippen LogP contribution in [0.25, 0.3) is 20.8 Å². The molecule has 1 amide bonds. The molecule has 1 aromatic heterocycles. The summed E-state index contributed by atoms with van der Waals surface area (Å²) in [5.74, 6) is 2.03. The van der Waals surface area contributed by atoms with Crippen LogP contribution in [-0.2, 0) is 10.5 Å². The van der Waals surface area contributed by atoms with E-state index in [4.69, 9.17) is 9.72 Å². The molecule has 0 fully saturated rings. The lowest BCUT2D eigenvalue weighted by Crippen LogP contribution is -2.14. The van der Waals surface area contributed by atoms with Crippen LogP contribution in [0.3, 0.4) is 0 Å². The largest absolute Gasteiger partial charge is 0.497 e. The van der Waals surface area contributed by atoms with E-state index in [2.05, 4.69) is 30.4 Å². The highest BCUT2D eigenvalue weighted by molar-refractivity contribution is 7.99. The van der Waals surface area contributed by atoms with Crippen molar-refractivity contribution < 1.29 is 9.53 Å². The maximum Gasteiger partial charge on any atom is 0.234 e. The Balaban J connectivity index is 1.31. The van der Waals surface area contributed by atoms with Gasteiger partial charge < -0.3 is 10.1 Å². The molecule has 30 heavy (non-hydrogen) atoms. The number of amides is 1. The first kappa shape index (κ1) is 20.4. The summed E-state index contributed by atoms with van der Waals surface area (Å²) >= 11 is 3.28. The molecule has 3 aromatic carbocycles. The number of anilines is 1. The second kappa shape index (κ2) is 9.32. The van der Waals surface area contributed by atoms with Gasteiger partial charge in [-0.15, -0.1) is 23.1 Å². The fourth-order valence-corrected chi connectivity index (χ4v) is 4.89. The number of aryl methyl sites for hydroxylation is 1. The summed E-state index contributed by atoms with van der Waals surface area (Å²) in [5, 5.41) is 3.95. The summed E-state index contributed by atoms with van der Waals surface area (Å²) in [7, 11) is 1.65. The zero-order valence-electron chi connectivity index (χ0n) is 16.8. The van der Waals surface area contributed by atoms with Crippen LogP contribution in [-0.4, -0.2) is 23.8 Å². The third-order valence-corrected chi connectivity index (χ3v) is 6.69. The summed E-state index contributed by atoms with van der Waals surface area (Å²) in [6.07, 6.45) is 0. The predicted octanol–water partition coefficient (Wildman–Crippen LogP) is 6.15. The molecular formula is C24H22N2O2S2. The van der Waals surface area contributed by atoms with E-state index in [-0.39, 0.29) is 5.91 Å². The lowest BCUT2D eigenvalue weighted by molar-refractivity contribution is -0.113. The Labute approximate surface area is 184 Å². The number of thiazole rings is 1. The number of aromatic nitrogens is 1. The molecule has 0 unspecified atom stereocenters. The van der Waals surface area contributed by atoms with Gasteiger partial charge in [-0.25, -0.2) is 4.98 Å². The minimum Gasteiger partial charge on any atom is -0.497 e. The quantitative estimate of drug-likeness (QED) is 0.379. The molecule has 6 heteroatoms. The number of fused-ring (bicyclic) bond motifs is 1. The number of thioether (sulfide) groups is 1. The standard InChI is InChI=1S/C24H22N2O2S2/c1-16-3-12-21-22(13-16)30-24(26-21)18-6-8-19(9-7-18)25-23(27)15-29-14-17-4-10-20(28-2)11-5-17/h3-13H,14-15H2,1-2H3,(H,25,27). The maximum absolute atomic E-state index is 12.2. The highest BCUT2D eigenvalue weighted by Crippen LogP contribution is 2.31. The number of hydrogen-bond acceptors (Lipinski definition) is 5. The summed E-state index contributed by atoms with van der Waals surface area (Å²) in [5.41, 5.74) is 5.28. The second-order valence-corrected chi connectivity index (χ2v) is 8.97. The van der Waals surface area contributed by atoms with Crippen molar-refractivity contribution in [2.45, 2.75) is 12.7 Å². The Morgan fingerprint density at radius 3 is 2.57 bits per heavy atom. The Morgan fingerprint density at radius 2 is 1.83 bits per heavy atom. The first-order valence-electron chi connectivity index (χ1n) is 9.59. The Hall–Kier alpha value is -2.83. The van der Waals surface area contributed by atoms with Crippen LogP contribution in [0.1, 0.15) is 11.1 Å². The van der Waals surface area contributed by atoms with Crippen LogP contribution in [0.15, 0.2) is 66.7 Å². The lowest BCUT2D eigenvalue weighted by Gasteiger charge is -2.06. The van der Waals surface area contributed by atoms with Crippen LogP contribution in [0, 0.1) is 6.92 Å². The van der Waals surface area contributed by atoms with Gasteiger partial charge in [0.2, 0.25) is 5.91 Å². The Bertz CT molecular complexity index is 1150. The van der Waals surface area contributed by atoms with Gasteiger partial charge in [0.15, 0.2) is 0 Å². The summed E-state index contributed by atoms with van der Waals surface area (Å²) in [6.45, 7) is 2.09. The SMILES string of the molecule is COc1ccc(CSCC(=O)Nc2ccc(-c3nc4ccc(C)cc4s3)cc2)cc1. The molecule has 0 spiro atoms. The average Bonchev–Trinajstić information content (AvgIpc) is 3.18. The zero-order valence-corrected chi connectivity index (χ0v) is 18.5. The van der Waals surface area contributed by atoms with Crippen molar-refractivity contribution in [3.63, 3.8) is 0 Å². The molecule has 0 aliphatic rings. The van der Waals surface area contributed by atoms with Gasteiger partial charge in [0.05, 0.1) is 23.1 Å². The van der Waals surface area contributed by atoms with Crippen molar-refractivity contribution in [1.82, 2.24) is 4.98 Å². The fourth-order valence-electron chi connectivity index (χ4n) is 3.03. The molecule has 0 bridgehead atoms. The normalized spacial score (nSPS) is 10.9. The van der Waals surface area contributed by atoms with E-state index in [1.165, 1.54) is 15.8 Å². The number of carbonyl (C=O) groups is 1. The summed E-state index contributed by atoms with van der Waals surface area (Å²) in [4.78, 5) is 17.0. The number of benzene rings is 3. The third kappa shape index (κ3) is 5.01. The molecule has 152 valence electrons. The van der Waals surface area contributed by atoms with Gasteiger partial charge in [-0.2, -0.15) is 0 Å². The minimum absolute atomic E-state index is 0.00303. The van der Waals surface area contributed by atoms with Crippen molar-refractivity contribution >= 4 is 44.9 Å². The molecule has 4 nitrogen and oxygen atoms in total. The molecule has 0 aliphatic carbocycles. The van der Waals surface area contributed by atoms with E-state index in [1.54, 1.807) is 30.2 Å². The van der Waals surface area contributed by atoms with Crippen LogP contribution < -0.4 is 10.1 Å². The number of carbonyl (C=O) groups excluding carboxylic acids is 1. The van der Waals surface area contributed by atoms with Gasteiger partial charge in [-0.1, -0.05) is 18.2 Å². The van der Waals surface area contributed by atoms with Crippen LogP contribution in [0.5, 0.6) is 5.75 Å². The maximum atomic E-state index is 12.2. The Morgan fingerprint density at radius 1 is 1.07 bits per heavy atom. The van der Waals surface area contributed by atoms with Gasteiger partial charge in [0.1, 0.15) is 10.8 Å². The number of methoxy groups -OCH3 is 1. The molecule has 0 atom stereocenters. The molecule has 4 aromatic rings. The number of nitrogens with zero attached hydrogens (tertiary/aromatic N) is 1. The van der Waals surface area contributed by atoms with Crippen molar-refractivity contribution in [3.8, 4) is 16.3 Å². The average molecular weight is 435 g/mol. The molecule has 4 rings (SSSR count). The molecule has 0 saturated carbocycles. The van der Waals surface area contributed by atoms with Gasteiger partial charge in [-0.3, -0.25) is 4.79 Å². The van der Waals surface area contributed by atoms with Crippen LogP contribution in [0.4, 0.5) is 5.69 Å². The number of rotatable bonds is 7. The molecule has 1 N–H and O–H groups in total. The van der Waals surface area contributed by atoms with E-state index in [0.717, 1.165) is 33.3 Å². The Kier molecular flexibility index (Phi) is 6.35. The van der Waals surface area contributed by atoms with E-state index < -0.39 is 0 Å². The fraction of sp³-hybridized carbons (Fsp3) is 0.167. The summed E-state index contributed by atoms with van der Waals surface area (Å²) < 4.78 is 6.35. The van der Waals surface area contributed by atoms with Crippen LogP contribution in [0.2, 0.25) is 0 Å². The monoisotopic (exact) mass is 434 g/mol. The highest BCUT2D eigenvalue weighted by Gasteiger charge is 2.08. The second-order valence-electron chi connectivity index (χ2n) is 6.96. The predicted molar refractivity (Wildman–Crippen MR) is 128 cm³/mol. The third-order valence-electron chi connectivity index (χ3n) is 4.62. The molecule has 0 radical (unpaired) electrons. The van der Waals surface area contributed by atoms with Gasteiger partial charge in [0.25, 0.3) is 0 Å². The van der Waals surface area contributed by atoms with E-state index in [0.29, 0.717) is 5.75 Å². The summed E-state index contributed by atoms with van der Waals surface area (Å²) in [6, 6.07) is 22.1. The van der Waals surface area contributed by atoms with Crippen molar-refractivity contribution in [2.24, 2.45) is 0 Å². The lowest BCUT2D eigenvalue weighted by atomic mass is 10.2. The first-order chi connectivity index (χ1) is 14.6. The van der Waals surface area contributed by atoms with Gasteiger partial charge >= 0.3 is 0 Å². The number of hydrogen-bond donors (Lipinski definition) is 1. The molecular weight excluding hydrogens is 412 g/mol. The van der Waals surface area contributed by atoms with Crippen molar-refractivity contribution in [2.75, 3.05) is 18.2 Å². The number of nitrogens with one attached hydrogen (secondary N) is 1.